The summed E-state index contributed by atoms with van der Waals surface area (Å²) in [7, 11) is 0. The van der Waals surface area contributed by atoms with Crippen LogP contribution in [0.4, 0.5) is 5.69 Å². The minimum atomic E-state index is 0.0765. The molecule has 1 unspecified atom stereocenters. The van der Waals surface area contributed by atoms with Crippen molar-refractivity contribution in [2.24, 2.45) is 5.92 Å². The molecular formula is C24H26N2O. The molecule has 4 rings (SSSR count). The highest BCUT2D eigenvalue weighted by atomic mass is 16.1. The molecular weight excluding hydrogens is 332 g/mol. The zero-order chi connectivity index (χ0) is 18.5. The molecule has 1 N–H and O–H groups in total. The second-order valence-electron chi connectivity index (χ2n) is 7.55. The number of aromatic nitrogens is 1. The third-order valence-electron chi connectivity index (χ3n) is 5.76. The summed E-state index contributed by atoms with van der Waals surface area (Å²) in [5, 5.41) is 4.17. The molecule has 1 saturated carbocycles. The summed E-state index contributed by atoms with van der Waals surface area (Å²) >= 11 is 0. The number of hydrogen-bond acceptors (Lipinski definition) is 2. The van der Waals surface area contributed by atoms with E-state index >= 15 is 0 Å². The summed E-state index contributed by atoms with van der Waals surface area (Å²) in [6.45, 7) is 0. The molecule has 0 radical (unpaired) electrons. The molecule has 3 nitrogen and oxygen atoms in total. The molecule has 1 aliphatic rings. The smallest absolute Gasteiger partial charge is 0.225 e. The van der Waals surface area contributed by atoms with Crippen LogP contribution in [-0.2, 0) is 4.79 Å². The minimum Gasteiger partial charge on any atom is -0.324 e. The van der Waals surface area contributed by atoms with E-state index in [9.17, 15) is 4.79 Å². The first-order valence-corrected chi connectivity index (χ1v) is 10.00. The highest BCUT2D eigenvalue weighted by molar-refractivity contribution is 6.00. The van der Waals surface area contributed by atoms with Crippen molar-refractivity contribution in [1.29, 1.82) is 0 Å². The number of carbonyl (C=O) groups is 1. The number of nitrogens with zero attached hydrogens (tertiary/aromatic N) is 1. The van der Waals surface area contributed by atoms with Crippen molar-refractivity contribution in [1.82, 2.24) is 4.98 Å². The zero-order valence-electron chi connectivity index (χ0n) is 15.6. The summed E-state index contributed by atoms with van der Waals surface area (Å²) in [5.74, 6) is 0.958. The Morgan fingerprint density at radius 2 is 1.74 bits per heavy atom. The van der Waals surface area contributed by atoms with Crippen LogP contribution in [0.5, 0.6) is 0 Å². The summed E-state index contributed by atoms with van der Waals surface area (Å²) in [6.07, 6.45) is 8.63. The average Bonchev–Trinajstić information content (AvgIpc) is 2.73. The van der Waals surface area contributed by atoms with Crippen molar-refractivity contribution < 1.29 is 4.79 Å². The number of anilines is 1. The maximum atomic E-state index is 12.9. The van der Waals surface area contributed by atoms with Crippen LogP contribution in [0.3, 0.4) is 0 Å². The molecule has 0 saturated heterocycles. The van der Waals surface area contributed by atoms with Gasteiger partial charge in [-0.25, -0.2) is 0 Å². The number of pyridine rings is 1. The van der Waals surface area contributed by atoms with Gasteiger partial charge >= 0.3 is 0 Å². The second kappa shape index (κ2) is 8.34. The van der Waals surface area contributed by atoms with Crippen molar-refractivity contribution in [3.63, 3.8) is 0 Å². The van der Waals surface area contributed by atoms with Gasteiger partial charge in [-0.3, -0.25) is 9.78 Å². The molecule has 1 atom stereocenters. The van der Waals surface area contributed by atoms with E-state index in [1.54, 1.807) is 6.20 Å². The number of rotatable bonds is 5. The van der Waals surface area contributed by atoms with Crippen molar-refractivity contribution in [2.75, 3.05) is 5.32 Å². The van der Waals surface area contributed by atoms with Crippen molar-refractivity contribution in [3.05, 3.63) is 72.4 Å². The molecule has 0 aliphatic heterocycles. The topological polar surface area (TPSA) is 42.0 Å². The van der Waals surface area contributed by atoms with Crippen molar-refractivity contribution in [2.45, 2.75) is 44.4 Å². The van der Waals surface area contributed by atoms with Gasteiger partial charge in [-0.1, -0.05) is 67.8 Å². The maximum absolute atomic E-state index is 12.9. The van der Waals surface area contributed by atoms with Gasteiger partial charge < -0.3 is 5.32 Å². The van der Waals surface area contributed by atoms with Crippen LogP contribution < -0.4 is 5.32 Å². The largest absolute Gasteiger partial charge is 0.324 e. The molecule has 1 heterocycles. The summed E-state index contributed by atoms with van der Waals surface area (Å²) in [5.41, 5.74) is 2.94. The molecule has 1 aliphatic carbocycles. The fraction of sp³-hybridized carbons (Fsp3) is 0.333. The van der Waals surface area contributed by atoms with Gasteiger partial charge in [-0.05, 0) is 42.4 Å². The first-order chi connectivity index (χ1) is 13.3. The Bertz CT molecular complexity index is 895. The van der Waals surface area contributed by atoms with Crippen LogP contribution in [0.15, 0.2) is 66.9 Å². The van der Waals surface area contributed by atoms with E-state index in [1.165, 1.54) is 37.7 Å². The second-order valence-corrected chi connectivity index (χ2v) is 7.55. The standard InChI is InChI=1S/C24H26N2O/c27-23(26-22-15-7-13-20-14-8-16-25-24(20)22)17-21(18-9-3-1-4-10-18)19-11-5-2-6-12-19/h1,3-4,7-10,13-16,19,21H,2,5-6,11-12,17H2,(H,26,27). The quantitative estimate of drug-likeness (QED) is 0.614. The van der Waals surface area contributed by atoms with Gasteiger partial charge in [0, 0.05) is 18.0 Å². The van der Waals surface area contributed by atoms with Gasteiger partial charge in [0.15, 0.2) is 0 Å². The Morgan fingerprint density at radius 1 is 0.963 bits per heavy atom. The molecule has 1 aromatic heterocycles. The van der Waals surface area contributed by atoms with Crippen LogP contribution in [0.1, 0.15) is 50.0 Å². The molecule has 3 aromatic rings. The number of nitrogens with one attached hydrogen (secondary N) is 1. The normalized spacial score (nSPS) is 16.1. The van der Waals surface area contributed by atoms with Crippen LogP contribution in [0, 0.1) is 5.92 Å². The molecule has 138 valence electrons. The van der Waals surface area contributed by atoms with E-state index in [1.807, 2.05) is 36.4 Å². The van der Waals surface area contributed by atoms with E-state index in [4.69, 9.17) is 0 Å². The lowest BCUT2D eigenvalue weighted by Gasteiger charge is -2.30. The highest BCUT2D eigenvalue weighted by Gasteiger charge is 2.27. The molecule has 2 aromatic carbocycles. The maximum Gasteiger partial charge on any atom is 0.225 e. The Labute approximate surface area is 160 Å². The molecule has 1 fully saturated rings. The van der Waals surface area contributed by atoms with E-state index < -0.39 is 0 Å². The summed E-state index contributed by atoms with van der Waals surface area (Å²) in [4.78, 5) is 17.4. The minimum absolute atomic E-state index is 0.0765. The average molecular weight is 358 g/mol. The number of benzene rings is 2. The van der Waals surface area contributed by atoms with Gasteiger partial charge in [0.05, 0.1) is 11.2 Å². The molecule has 27 heavy (non-hydrogen) atoms. The number of carbonyl (C=O) groups excluding carboxylic acids is 1. The molecule has 1 amide bonds. The fourth-order valence-corrected chi connectivity index (χ4v) is 4.40. The third kappa shape index (κ3) is 4.19. The van der Waals surface area contributed by atoms with Crippen molar-refractivity contribution in [3.8, 4) is 0 Å². The summed E-state index contributed by atoms with van der Waals surface area (Å²) < 4.78 is 0. The van der Waals surface area contributed by atoms with Crippen LogP contribution in [0.25, 0.3) is 10.9 Å². The SMILES string of the molecule is O=C(CC(c1ccccc1)C1CCCCC1)Nc1cccc2cccnc12. The van der Waals surface area contributed by atoms with Gasteiger partial charge in [0.25, 0.3) is 0 Å². The number of hydrogen-bond donors (Lipinski definition) is 1. The Kier molecular flexibility index (Phi) is 5.47. The van der Waals surface area contributed by atoms with E-state index in [0.29, 0.717) is 12.3 Å². The highest BCUT2D eigenvalue weighted by Crippen LogP contribution is 2.38. The lowest BCUT2D eigenvalue weighted by molar-refractivity contribution is -0.116. The fourth-order valence-electron chi connectivity index (χ4n) is 4.40. The molecule has 0 bridgehead atoms. The Morgan fingerprint density at radius 3 is 2.56 bits per heavy atom. The molecule has 3 heteroatoms. The van der Waals surface area contributed by atoms with E-state index in [2.05, 4.69) is 34.6 Å². The van der Waals surface area contributed by atoms with Crippen molar-refractivity contribution >= 4 is 22.5 Å². The lowest BCUT2D eigenvalue weighted by Crippen LogP contribution is -2.23. The third-order valence-corrected chi connectivity index (χ3v) is 5.76. The Balaban J connectivity index is 1.54. The van der Waals surface area contributed by atoms with Gasteiger partial charge in [-0.15, -0.1) is 0 Å². The zero-order valence-corrected chi connectivity index (χ0v) is 15.6. The molecule has 0 spiro atoms. The number of para-hydroxylation sites is 1. The monoisotopic (exact) mass is 358 g/mol. The first kappa shape index (κ1) is 17.7. The van der Waals surface area contributed by atoms with Gasteiger partial charge in [0.2, 0.25) is 5.91 Å². The predicted octanol–water partition coefficient (Wildman–Crippen LogP) is 5.93. The van der Waals surface area contributed by atoms with E-state index in [0.717, 1.165) is 16.6 Å². The number of amides is 1. The van der Waals surface area contributed by atoms with Gasteiger partial charge in [-0.2, -0.15) is 0 Å². The first-order valence-electron chi connectivity index (χ1n) is 10.00. The lowest BCUT2D eigenvalue weighted by atomic mass is 9.75. The van der Waals surface area contributed by atoms with Gasteiger partial charge in [0.1, 0.15) is 0 Å². The van der Waals surface area contributed by atoms with Crippen LogP contribution >= 0.6 is 0 Å². The number of fused-ring (bicyclic) bond motifs is 1. The Hall–Kier alpha value is -2.68. The summed E-state index contributed by atoms with van der Waals surface area (Å²) in [6, 6.07) is 20.4. The van der Waals surface area contributed by atoms with Crippen LogP contribution in [0.2, 0.25) is 0 Å². The predicted molar refractivity (Wildman–Crippen MR) is 111 cm³/mol. The van der Waals surface area contributed by atoms with E-state index in [-0.39, 0.29) is 11.8 Å². The van der Waals surface area contributed by atoms with Crippen LogP contribution in [-0.4, -0.2) is 10.9 Å².